The Balaban J connectivity index is 1.56. The van der Waals surface area contributed by atoms with E-state index in [1.54, 1.807) is 0 Å². The molecule has 4 heteroatoms. The Labute approximate surface area is 123 Å². The molecule has 2 fully saturated rings. The van der Waals surface area contributed by atoms with Gasteiger partial charge in [0.2, 0.25) is 0 Å². The van der Waals surface area contributed by atoms with Gasteiger partial charge in [0.05, 0.1) is 0 Å². The van der Waals surface area contributed by atoms with Crippen molar-refractivity contribution in [1.82, 2.24) is 16.0 Å². The molecule has 20 heavy (non-hydrogen) atoms. The highest BCUT2D eigenvalue weighted by molar-refractivity contribution is 5.74. The number of rotatable bonds is 4. The molecule has 116 valence electrons. The molecule has 0 unspecified atom stereocenters. The number of nitrogens with one attached hydrogen (secondary N) is 3. The van der Waals surface area contributed by atoms with Crippen LogP contribution in [-0.4, -0.2) is 31.7 Å². The van der Waals surface area contributed by atoms with Gasteiger partial charge in [0.15, 0.2) is 0 Å². The normalized spacial score (nSPS) is 22.8. The average Bonchev–Trinajstić information content (AvgIpc) is 2.43. The highest BCUT2D eigenvalue weighted by Gasteiger charge is 2.15. The van der Waals surface area contributed by atoms with E-state index in [9.17, 15) is 4.79 Å². The third kappa shape index (κ3) is 6.12. The fourth-order valence-electron chi connectivity index (χ4n) is 3.40. The first-order valence-electron chi connectivity index (χ1n) is 8.59. The molecule has 1 heterocycles. The Morgan fingerprint density at radius 1 is 0.950 bits per heavy atom. The van der Waals surface area contributed by atoms with Crippen molar-refractivity contribution in [2.75, 3.05) is 19.6 Å². The van der Waals surface area contributed by atoms with Crippen molar-refractivity contribution < 1.29 is 4.79 Å². The molecule has 1 saturated heterocycles. The SMILES string of the molecule is O=C(NCCC1CCNCC1)NC1CCCCCCC1. The van der Waals surface area contributed by atoms with Crippen LogP contribution in [0.5, 0.6) is 0 Å². The Kier molecular flexibility index (Phi) is 7.20. The molecule has 0 spiro atoms. The van der Waals surface area contributed by atoms with E-state index in [1.165, 1.54) is 44.9 Å². The summed E-state index contributed by atoms with van der Waals surface area (Å²) in [6.45, 7) is 3.10. The summed E-state index contributed by atoms with van der Waals surface area (Å²) in [5.41, 5.74) is 0. The monoisotopic (exact) mass is 281 g/mol. The van der Waals surface area contributed by atoms with Crippen molar-refractivity contribution in [3.63, 3.8) is 0 Å². The van der Waals surface area contributed by atoms with E-state index in [-0.39, 0.29) is 6.03 Å². The third-order valence-electron chi connectivity index (χ3n) is 4.74. The Hall–Kier alpha value is -0.770. The number of carbonyl (C=O) groups excluding carboxylic acids is 1. The van der Waals surface area contributed by atoms with Gasteiger partial charge in [-0.2, -0.15) is 0 Å². The second-order valence-electron chi connectivity index (χ2n) is 6.42. The minimum atomic E-state index is 0.0458. The van der Waals surface area contributed by atoms with Crippen molar-refractivity contribution in [3.8, 4) is 0 Å². The van der Waals surface area contributed by atoms with Gasteiger partial charge in [-0.15, -0.1) is 0 Å². The zero-order chi connectivity index (χ0) is 14.0. The lowest BCUT2D eigenvalue weighted by Gasteiger charge is -2.23. The second kappa shape index (κ2) is 9.22. The molecule has 2 rings (SSSR count). The maximum Gasteiger partial charge on any atom is 0.315 e. The van der Waals surface area contributed by atoms with Crippen LogP contribution in [0, 0.1) is 5.92 Å². The van der Waals surface area contributed by atoms with Crippen LogP contribution in [0.15, 0.2) is 0 Å². The topological polar surface area (TPSA) is 53.2 Å². The van der Waals surface area contributed by atoms with Crippen LogP contribution in [0.1, 0.15) is 64.2 Å². The number of carbonyl (C=O) groups is 1. The van der Waals surface area contributed by atoms with Gasteiger partial charge in [-0.25, -0.2) is 4.79 Å². The van der Waals surface area contributed by atoms with Crippen molar-refractivity contribution in [3.05, 3.63) is 0 Å². The quantitative estimate of drug-likeness (QED) is 0.742. The van der Waals surface area contributed by atoms with Gasteiger partial charge in [0, 0.05) is 12.6 Å². The largest absolute Gasteiger partial charge is 0.338 e. The Morgan fingerprint density at radius 3 is 2.30 bits per heavy atom. The van der Waals surface area contributed by atoms with Crippen LogP contribution in [0.25, 0.3) is 0 Å². The fraction of sp³-hybridized carbons (Fsp3) is 0.938. The molecule has 0 aromatic rings. The van der Waals surface area contributed by atoms with Gasteiger partial charge >= 0.3 is 6.03 Å². The van der Waals surface area contributed by atoms with Crippen LogP contribution in [0.2, 0.25) is 0 Å². The van der Waals surface area contributed by atoms with E-state index >= 15 is 0 Å². The molecule has 0 bridgehead atoms. The molecule has 1 aliphatic heterocycles. The van der Waals surface area contributed by atoms with Gasteiger partial charge < -0.3 is 16.0 Å². The van der Waals surface area contributed by atoms with Crippen LogP contribution < -0.4 is 16.0 Å². The number of hydrogen-bond acceptors (Lipinski definition) is 2. The summed E-state index contributed by atoms with van der Waals surface area (Å²) < 4.78 is 0. The summed E-state index contributed by atoms with van der Waals surface area (Å²) >= 11 is 0. The van der Waals surface area contributed by atoms with Crippen molar-refractivity contribution >= 4 is 6.03 Å². The van der Waals surface area contributed by atoms with E-state index in [2.05, 4.69) is 16.0 Å². The number of piperidine rings is 1. The van der Waals surface area contributed by atoms with Gasteiger partial charge in [-0.05, 0) is 51.1 Å². The van der Waals surface area contributed by atoms with Gasteiger partial charge in [-0.3, -0.25) is 0 Å². The maximum atomic E-state index is 11.9. The molecule has 2 aliphatic rings. The number of amides is 2. The van der Waals surface area contributed by atoms with E-state index in [4.69, 9.17) is 0 Å². The molecular formula is C16H31N3O. The van der Waals surface area contributed by atoms with Gasteiger partial charge in [-0.1, -0.05) is 32.1 Å². The minimum Gasteiger partial charge on any atom is -0.338 e. The zero-order valence-electron chi connectivity index (χ0n) is 12.8. The first-order valence-corrected chi connectivity index (χ1v) is 8.59. The first-order chi connectivity index (χ1) is 9.84. The summed E-state index contributed by atoms with van der Waals surface area (Å²) in [4.78, 5) is 11.9. The van der Waals surface area contributed by atoms with Crippen molar-refractivity contribution in [2.45, 2.75) is 70.3 Å². The predicted molar refractivity (Wildman–Crippen MR) is 82.9 cm³/mol. The van der Waals surface area contributed by atoms with E-state index in [1.807, 2.05) is 0 Å². The summed E-state index contributed by atoms with van der Waals surface area (Å²) in [5, 5.41) is 9.58. The summed E-state index contributed by atoms with van der Waals surface area (Å²) in [6, 6.07) is 0.443. The van der Waals surface area contributed by atoms with Crippen molar-refractivity contribution in [2.24, 2.45) is 5.92 Å². The standard InChI is InChI=1S/C16H31N3O/c20-16(18-13-10-14-8-11-17-12-9-14)19-15-6-4-2-1-3-5-7-15/h14-15,17H,1-13H2,(H2,18,19,20). The molecule has 0 atom stereocenters. The highest BCUT2D eigenvalue weighted by Crippen LogP contribution is 2.17. The molecular weight excluding hydrogens is 250 g/mol. The molecule has 3 N–H and O–H groups in total. The van der Waals surface area contributed by atoms with Crippen LogP contribution in [-0.2, 0) is 0 Å². The average molecular weight is 281 g/mol. The molecule has 0 radical (unpaired) electrons. The molecule has 2 amide bonds. The summed E-state index contributed by atoms with van der Waals surface area (Å²) in [5.74, 6) is 0.790. The van der Waals surface area contributed by atoms with E-state index < -0.39 is 0 Å². The molecule has 1 saturated carbocycles. The summed E-state index contributed by atoms with van der Waals surface area (Å²) in [7, 11) is 0. The lowest BCUT2D eigenvalue weighted by Crippen LogP contribution is -2.43. The van der Waals surface area contributed by atoms with Crippen LogP contribution in [0.4, 0.5) is 4.79 Å². The molecule has 0 aromatic heterocycles. The summed E-state index contributed by atoms with van der Waals surface area (Å²) in [6.07, 6.45) is 12.5. The first kappa shape index (κ1) is 15.6. The minimum absolute atomic E-state index is 0.0458. The second-order valence-corrected chi connectivity index (χ2v) is 6.42. The molecule has 4 nitrogen and oxygen atoms in total. The molecule has 1 aliphatic carbocycles. The maximum absolute atomic E-state index is 11.9. The van der Waals surface area contributed by atoms with Crippen LogP contribution in [0.3, 0.4) is 0 Å². The van der Waals surface area contributed by atoms with E-state index in [0.29, 0.717) is 6.04 Å². The van der Waals surface area contributed by atoms with Gasteiger partial charge in [0.1, 0.15) is 0 Å². The smallest absolute Gasteiger partial charge is 0.315 e. The van der Waals surface area contributed by atoms with Crippen molar-refractivity contribution in [1.29, 1.82) is 0 Å². The predicted octanol–water partition coefficient (Wildman–Crippen LogP) is 2.79. The van der Waals surface area contributed by atoms with Gasteiger partial charge in [0.25, 0.3) is 0 Å². The lowest BCUT2D eigenvalue weighted by molar-refractivity contribution is 0.232. The third-order valence-corrected chi connectivity index (χ3v) is 4.74. The van der Waals surface area contributed by atoms with Crippen LogP contribution >= 0.6 is 0 Å². The lowest BCUT2D eigenvalue weighted by atomic mass is 9.95. The Morgan fingerprint density at radius 2 is 1.60 bits per heavy atom. The molecule has 0 aromatic carbocycles. The van der Waals surface area contributed by atoms with E-state index in [0.717, 1.165) is 44.8 Å². The zero-order valence-corrected chi connectivity index (χ0v) is 12.8. The Bertz CT molecular complexity index is 269. The number of urea groups is 1. The fourth-order valence-corrected chi connectivity index (χ4v) is 3.40. The highest BCUT2D eigenvalue weighted by atomic mass is 16.2. The number of hydrogen-bond donors (Lipinski definition) is 3.